The quantitative estimate of drug-likeness (QED) is 0.157. The molecule has 3 aromatic rings. The second kappa shape index (κ2) is 15.7. The number of nitrogens with zero attached hydrogens (tertiary/aromatic N) is 1. The van der Waals surface area contributed by atoms with E-state index in [1.165, 1.54) is 25.7 Å². The lowest BCUT2D eigenvalue weighted by Crippen LogP contribution is -2.43. The van der Waals surface area contributed by atoms with Crippen LogP contribution in [0.5, 0.6) is 0 Å². The van der Waals surface area contributed by atoms with Gasteiger partial charge in [0, 0.05) is 39.3 Å². The Balaban J connectivity index is 1.40. The number of alkyl carbamates (subject to hydrolysis) is 2. The molecule has 3 N–H and O–H groups in total. The zero-order valence-corrected chi connectivity index (χ0v) is 23.4. The van der Waals surface area contributed by atoms with Gasteiger partial charge in [-0.05, 0) is 20.8 Å². The number of carbonyl (C=O) groups excluding carboxylic acids is 3. The molecule has 0 bridgehead atoms. The van der Waals surface area contributed by atoms with E-state index < -0.39 is 35.7 Å². The van der Waals surface area contributed by atoms with E-state index in [2.05, 4.69) is 24.8 Å². The van der Waals surface area contributed by atoms with E-state index in [0.29, 0.717) is 6.54 Å². The predicted octanol–water partition coefficient (Wildman–Crippen LogP) is 0.631. The third kappa shape index (κ3) is 10.6. The molecule has 0 aliphatic heterocycles. The highest BCUT2D eigenvalue weighted by Crippen LogP contribution is 2.09. The van der Waals surface area contributed by atoms with Gasteiger partial charge in [-0.25, -0.2) is 28.8 Å². The smallest absolute Gasteiger partial charge is 0.441 e. The fraction of sp³-hybridized carbons (Fsp3) is 0.500. The zero-order valence-electron chi connectivity index (χ0n) is 23.4. The van der Waals surface area contributed by atoms with Crippen molar-refractivity contribution in [2.24, 2.45) is 0 Å². The molecule has 3 aromatic heterocycles. The number of aryl methyl sites for hydroxylation is 3. The van der Waals surface area contributed by atoms with Crippen molar-refractivity contribution in [1.82, 2.24) is 20.9 Å². The van der Waals surface area contributed by atoms with Crippen LogP contribution < -0.4 is 33.4 Å². The van der Waals surface area contributed by atoms with Crippen LogP contribution in [0.2, 0.25) is 0 Å². The summed E-state index contributed by atoms with van der Waals surface area (Å²) in [5, 5.41) is 7.97. The topological polar surface area (TPSA) is 248 Å². The van der Waals surface area contributed by atoms with Crippen molar-refractivity contribution in [2.75, 3.05) is 39.3 Å². The molecule has 0 aliphatic rings. The predicted molar refractivity (Wildman–Crippen MR) is 137 cm³/mol. The number of amides is 3. The molecule has 3 rings (SSSR count). The van der Waals surface area contributed by atoms with Crippen molar-refractivity contribution in [3.05, 3.63) is 66.4 Å². The van der Waals surface area contributed by atoms with Crippen LogP contribution >= 0.6 is 0 Å². The van der Waals surface area contributed by atoms with E-state index in [1.807, 2.05) is 0 Å². The molecule has 0 aliphatic carbocycles. The van der Waals surface area contributed by atoms with Crippen LogP contribution in [-0.2, 0) is 34.0 Å². The van der Waals surface area contributed by atoms with Gasteiger partial charge in [0.2, 0.25) is 0 Å². The minimum atomic E-state index is -0.933. The summed E-state index contributed by atoms with van der Waals surface area (Å²) in [6.07, 6.45) is -2.37. The Morgan fingerprint density at radius 3 is 1.44 bits per heavy atom. The number of carbonyl (C=O) groups is 3. The van der Waals surface area contributed by atoms with Gasteiger partial charge in [-0.2, -0.15) is 0 Å². The average Bonchev–Trinajstić information content (AvgIpc) is 3.58. The van der Waals surface area contributed by atoms with Crippen LogP contribution in [0.15, 0.2) is 40.9 Å². The summed E-state index contributed by atoms with van der Waals surface area (Å²) in [4.78, 5) is 71.1. The largest absolute Gasteiger partial charge is 0.519 e. The molecule has 0 unspecified atom stereocenters. The Morgan fingerprint density at radius 1 is 0.581 bits per heavy atom. The van der Waals surface area contributed by atoms with Crippen molar-refractivity contribution in [3.8, 4) is 0 Å². The van der Waals surface area contributed by atoms with Gasteiger partial charge < -0.3 is 61.6 Å². The van der Waals surface area contributed by atoms with Crippen LogP contribution in [0, 0.1) is 20.8 Å². The van der Waals surface area contributed by atoms with Gasteiger partial charge in [-0.3, -0.25) is 0 Å². The first-order valence-corrected chi connectivity index (χ1v) is 12.7. The lowest BCUT2D eigenvalue weighted by Gasteiger charge is -2.22. The number of hydrogen-bond acceptors (Lipinski definition) is 16. The minimum Gasteiger partial charge on any atom is -0.441 e. The van der Waals surface area contributed by atoms with Crippen LogP contribution in [0.1, 0.15) is 34.6 Å². The molecule has 19 nitrogen and oxygen atoms in total. The minimum absolute atomic E-state index is 0.00210. The summed E-state index contributed by atoms with van der Waals surface area (Å²) in [5.74, 6) is -2.01. The fourth-order valence-corrected chi connectivity index (χ4v) is 3.28. The van der Waals surface area contributed by atoms with Gasteiger partial charge in [0.05, 0.1) is 0 Å². The van der Waals surface area contributed by atoms with Crippen molar-refractivity contribution in [3.63, 3.8) is 0 Å². The first kappa shape index (κ1) is 32.3. The maximum Gasteiger partial charge on any atom is 0.519 e. The second-order valence-electron chi connectivity index (χ2n) is 8.60. The van der Waals surface area contributed by atoms with E-state index in [4.69, 9.17) is 31.9 Å². The van der Waals surface area contributed by atoms with E-state index in [-0.39, 0.29) is 87.1 Å². The van der Waals surface area contributed by atoms with Gasteiger partial charge in [-0.15, -0.1) is 0 Å². The number of rotatable bonds is 15. The van der Waals surface area contributed by atoms with Crippen molar-refractivity contribution in [1.29, 1.82) is 0 Å². The Kier molecular flexibility index (Phi) is 11.8. The molecule has 236 valence electrons. The molecule has 0 saturated carbocycles. The molecule has 0 aromatic carbocycles. The van der Waals surface area contributed by atoms with E-state index in [0.717, 1.165) is 0 Å². The summed E-state index contributed by atoms with van der Waals surface area (Å²) in [5.41, 5.74) is 0. The van der Waals surface area contributed by atoms with Crippen molar-refractivity contribution >= 4 is 18.3 Å². The van der Waals surface area contributed by atoms with E-state index in [1.54, 1.807) is 0 Å². The van der Waals surface area contributed by atoms with Crippen molar-refractivity contribution in [2.45, 2.75) is 40.6 Å². The van der Waals surface area contributed by atoms with Crippen LogP contribution in [0.25, 0.3) is 0 Å². The second-order valence-corrected chi connectivity index (χ2v) is 8.60. The van der Waals surface area contributed by atoms with E-state index in [9.17, 15) is 28.8 Å². The first-order valence-electron chi connectivity index (χ1n) is 12.7. The normalized spacial score (nSPS) is 10.8. The van der Waals surface area contributed by atoms with Crippen LogP contribution in [0.3, 0.4) is 0 Å². The lowest BCUT2D eigenvalue weighted by atomic mass is 10.4. The number of nitrogens with one attached hydrogen (secondary N) is 3. The highest BCUT2D eigenvalue weighted by atomic mass is 16.6. The lowest BCUT2D eigenvalue weighted by molar-refractivity contribution is 0.0886. The van der Waals surface area contributed by atoms with Gasteiger partial charge >= 0.3 is 35.7 Å². The van der Waals surface area contributed by atoms with Gasteiger partial charge in [0.1, 0.15) is 0 Å². The summed E-state index contributed by atoms with van der Waals surface area (Å²) in [6, 6.07) is 0. The summed E-state index contributed by atoms with van der Waals surface area (Å²) in [7, 11) is 0. The van der Waals surface area contributed by atoms with Gasteiger partial charge in [-0.1, -0.05) is 0 Å². The molecular weight excluding hydrogens is 584 g/mol. The maximum atomic E-state index is 12.7. The molecule has 3 heterocycles. The van der Waals surface area contributed by atoms with Gasteiger partial charge in [0.25, 0.3) is 0 Å². The third-order valence-corrected chi connectivity index (χ3v) is 5.54. The maximum absolute atomic E-state index is 12.7. The van der Waals surface area contributed by atoms with Crippen LogP contribution in [0.4, 0.5) is 14.4 Å². The summed E-state index contributed by atoms with van der Waals surface area (Å²) < 4.78 is 43.5. The van der Waals surface area contributed by atoms with E-state index >= 15 is 0 Å². The molecule has 0 radical (unpaired) electrons. The Labute approximate surface area is 241 Å². The fourth-order valence-electron chi connectivity index (χ4n) is 3.28. The van der Waals surface area contributed by atoms with Crippen molar-refractivity contribution < 1.29 is 55.1 Å². The standard InChI is InChI=1S/C24H30N4O15/c1-13-16(41-22(32)38-13)10-35-19(29)26-5-4-25-6-8-28(21(31)37-12-18-15(3)40-24(34)43-18)9-7-27-20(30)36-11-17-14(2)39-23(33)42-17/h25H,4-12H2,1-3H3,(H,26,29)(H,27,30). The number of ether oxygens (including phenoxy) is 3. The summed E-state index contributed by atoms with van der Waals surface area (Å²) >= 11 is 0. The third-order valence-electron chi connectivity index (χ3n) is 5.54. The molecule has 19 heteroatoms. The van der Waals surface area contributed by atoms with Crippen LogP contribution in [-0.4, -0.2) is 62.4 Å². The SMILES string of the molecule is Cc1oc(=O)oc1COC(=O)NCCNCCN(CCNC(=O)OCc1oc(=O)oc1C)C(=O)OCc1oc(=O)oc1C. The number of hydrogen-bond donors (Lipinski definition) is 3. The zero-order chi connectivity index (χ0) is 31.4. The Hall–Kier alpha value is -5.20. The molecule has 43 heavy (non-hydrogen) atoms. The average molecular weight is 615 g/mol. The first-order chi connectivity index (χ1) is 20.5. The highest BCUT2D eigenvalue weighted by molar-refractivity contribution is 5.69. The summed E-state index contributed by atoms with van der Waals surface area (Å²) in [6.45, 7) is 4.26. The Bertz CT molecular complexity index is 1540. The molecular formula is C24H30N4O15. The Morgan fingerprint density at radius 2 is 1.00 bits per heavy atom. The molecule has 0 atom stereocenters. The molecule has 0 saturated heterocycles. The highest BCUT2D eigenvalue weighted by Gasteiger charge is 2.18. The molecule has 3 amide bonds. The molecule has 0 spiro atoms. The van der Waals surface area contributed by atoms with Gasteiger partial charge in [0.15, 0.2) is 54.4 Å². The monoisotopic (exact) mass is 614 g/mol. The molecule has 0 fully saturated rings.